The van der Waals surface area contributed by atoms with Gasteiger partial charge in [-0.1, -0.05) is 30.7 Å². The second-order valence-electron chi connectivity index (χ2n) is 4.27. The van der Waals surface area contributed by atoms with Gasteiger partial charge in [-0.2, -0.15) is 13.9 Å². The smallest absolute Gasteiger partial charge is 0.387 e. The van der Waals surface area contributed by atoms with Gasteiger partial charge in [0.05, 0.1) is 16.8 Å². The number of rotatable bonds is 6. The molecule has 0 aliphatic rings. The molecule has 0 amide bonds. The molecule has 0 unspecified atom stereocenters. The molecule has 0 fully saturated rings. The molecule has 0 atom stereocenters. The predicted molar refractivity (Wildman–Crippen MR) is 74.0 cm³/mol. The summed E-state index contributed by atoms with van der Waals surface area (Å²) in [6, 6.07) is 5.81. The number of nitrogens with zero attached hydrogens (tertiary/aromatic N) is 2. The van der Waals surface area contributed by atoms with Crippen molar-refractivity contribution in [2.24, 2.45) is 0 Å². The standard InChI is InChI=1S/C14H13ClF2N2O2/c1-2-7-19-12(10(15)8-18-19)13(20)9-5-3-4-6-11(9)21-14(16)17/h3-6,8,14H,2,7H2,1H3. The first-order valence-corrected chi connectivity index (χ1v) is 6.72. The van der Waals surface area contributed by atoms with Crippen molar-refractivity contribution in [2.75, 3.05) is 0 Å². The molecule has 0 bridgehead atoms. The van der Waals surface area contributed by atoms with Gasteiger partial charge in [-0.3, -0.25) is 9.48 Å². The number of alkyl halides is 2. The molecule has 112 valence electrons. The highest BCUT2D eigenvalue weighted by Gasteiger charge is 2.23. The molecule has 21 heavy (non-hydrogen) atoms. The van der Waals surface area contributed by atoms with Crippen molar-refractivity contribution in [3.63, 3.8) is 0 Å². The van der Waals surface area contributed by atoms with E-state index in [-0.39, 0.29) is 22.0 Å². The number of carbonyl (C=O) groups excluding carboxylic acids is 1. The first-order valence-electron chi connectivity index (χ1n) is 6.34. The van der Waals surface area contributed by atoms with Crippen molar-refractivity contribution in [1.82, 2.24) is 9.78 Å². The fraction of sp³-hybridized carbons (Fsp3) is 0.286. The van der Waals surface area contributed by atoms with Crippen molar-refractivity contribution < 1.29 is 18.3 Å². The van der Waals surface area contributed by atoms with Crippen molar-refractivity contribution >= 4 is 17.4 Å². The number of para-hydroxylation sites is 1. The van der Waals surface area contributed by atoms with Crippen molar-refractivity contribution in [3.05, 3.63) is 46.7 Å². The second kappa shape index (κ2) is 6.67. The average molecular weight is 315 g/mol. The van der Waals surface area contributed by atoms with Gasteiger partial charge < -0.3 is 4.74 Å². The zero-order valence-electron chi connectivity index (χ0n) is 11.2. The summed E-state index contributed by atoms with van der Waals surface area (Å²) in [5, 5.41) is 4.20. The molecule has 0 N–H and O–H groups in total. The average Bonchev–Trinajstić information content (AvgIpc) is 2.79. The Kier molecular flexibility index (Phi) is 4.90. The Bertz CT molecular complexity index is 644. The Morgan fingerprint density at radius 3 is 2.81 bits per heavy atom. The Labute approximate surface area is 125 Å². The van der Waals surface area contributed by atoms with Crippen molar-refractivity contribution in [3.8, 4) is 5.75 Å². The minimum atomic E-state index is -3.00. The third-order valence-corrected chi connectivity index (χ3v) is 3.07. The summed E-state index contributed by atoms with van der Waals surface area (Å²) in [6.07, 6.45) is 2.12. The fourth-order valence-corrected chi connectivity index (χ4v) is 2.18. The molecule has 0 aliphatic carbocycles. The summed E-state index contributed by atoms with van der Waals surface area (Å²) in [4.78, 5) is 12.6. The van der Waals surface area contributed by atoms with Crippen LogP contribution in [0.2, 0.25) is 5.02 Å². The number of aromatic nitrogens is 2. The molecule has 0 spiro atoms. The van der Waals surface area contributed by atoms with E-state index in [2.05, 4.69) is 9.84 Å². The van der Waals surface area contributed by atoms with Crippen molar-refractivity contribution in [1.29, 1.82) is 0 Å². The van der Waals surface area contributed by atoms with Gasteiger partial charge in [0.25, 0.3) is 0 Å². The van der Waals surface area contributed by atoms with Crippen LogP contribution in [0, 0.1) is 0 Å². The highest BCUT2D eigenvalue weighted by Crippen LogP contribution is 2.26. The SMILES string of the molecule is CCCn1ncc(Cl)c1C(=O)c1ccccc1OC(F)F. The van der Waals surface area contributed by atoms with E-state index in [1.54, 1.807) is 6.07 Å². The van der Waals surface area contributed by atoms with Crippen LogP contribution < -0.4 is 4.74 Å². The van der Waals surface area contributed by atoms with Crippen LogP contribution in [0.25, 0.3) is 0 Å². The molecular weight excluding hydrogens is 302 g/mol. The zero-order chi connectivity index (χ0) is 15.4. The molecule has 2 aromatic rings. The van der Waals surface area contributed by atoms with E-state index in [4.69, 9.17) is 11.6 Å². The Balaban J connectivity index is 2.43. The topological polar surface area (TPSA) is 44.1 Å². The number of aryl methyl sites for hydroxylation is 1. The number of ether oxygens (including phenoxy) is 1. The molecular formula is C14H13ClF2N2O2. The predicted octanol–water partition coefficient (Wildman–Crippen LogP) is 3.78. The highest BCUT2D eigenvalue weighted by molar-refractivity contribution is 6.34. The summed E-state index contributed by atoms with van der Waals surface area (Å²) in [5.41, 5.74) is 0.196. The van der Waals surface area contributed by atoms with Crippen LogP contribution in [0.15, 0.2) is 30.5 Å². The lowest BCUT2D eigenvalue weighted by Gasteiger charge is -2.11. The number of hydrogen-bond donors (Lipinski definition) is 0. The van der Waals surface area contributed by atoms with Gasteiger partial charge in [-0.25, -0.2) is 0 Å². The fourth-order valence-electron chi connectivity index (χ4n) is 1.95. The highest BCUT2D eigenvalue weighted by atomic mass is 35.5. The zero-order valence-corrected chi connectivity index (χ0v) is 12.0. The van der Waals surface area contributed by atoms with Crippen molar-refractivity contribution in [2.45, 2.75) is 26.5 Å². The van der Waals surface area contributed by atoms with Crippen LogP contribution in [0.3, 0.4) is 0 Å². The minimum Gasteiger partial charge on any atom is -0.434 e. The van der Waals surface area contributed by atoms with Crippen LogP contribution >= 0.6 is 11.6 Å². The number of benzene rings is 1. The molecule has 0 aliphatic heterocycles. The molecule has 1 aromatic carbocycles. The van der Waals surface area contributed by atoms with Crippen LogP contribution in [0.5, 0.6) is 5.75 Å². The summed E-state index contributed by atoms with van der Waals surface area (Å²) in [7, 11) is 0. The van der Waals surface area contributed by atoms with E-state index >= 15 is 0 Å². The monoisotopic (exact) mass is 314 g/mol. The summed E-state index contributed by atoms with van der Waals surface area (Å²) >= 11 is 5.99. The van der Waals surface area contributed by atoms with Crippen LogP contribution in [0.1, 0.15) is 29.4 Å². The molecule has 0 radical (unpaired) electrons. The molecule has 2 rings (SSSR count). The van der Waals surface area contributed by atoms with Crippen LogP contribution in [-0.2, 0) is 6.54 Å². The molecule has 0 saturated heterocycles. The van der Waals surface area contributed by atoms with E-state index in [1.165, 1.54) is 29.1 Å². The second-order valence-corrected chi connectivity index (χ2v) is 4.68. The van der Waals surface area contributed by atoms with Gasteiger partial charge in [-0.05, 0) is 18.6 Å². The number of halogens is 3. The first kappa shape index (κ1) is 15.4. The van der Waals surface area contributed by atoms with Gasteiger partial charge >= 0.3 is 6.61 Å². The molecule has 4 nitrogen and oxygen atoms in total. The van der Waals surface area contributed by atoms with Crippen LogP contribution in [-0.4, -0.2) is 22.2 Å². The van der Waals surface area contributed by atoms with E-state index in [1.807, 2.05) is 6.92 Å². The normalized spacial score (nSPS) is 10.9. The Hall–Kier alpha value is -1.95. The van der Waals surface area contributed by atoms with Gasteiger partial charge in [0.15, 0.2) is 0 Å². The molecule has 0 saturated carbocycles. The van der Waals surface area contributed by atoms with Gasteiger partial charge in [0, 0.05) is 6.54 Å². The summed E-state index contributed by atoms with van der Waals surface area (Å²) < 4.78 is 30.7. The van der Waals surface area contributed by atoms with E-state index < -0.39 is 12.4 Å². The lowest BCUT2D eigenvalue weighted by Crippen LogP contribution is -2.14. The maximum atomic E-state index is 12.6. The first-order chi connectivity index (χ1) is 10.0. The van der Waals surface area contributed by atoms with E-state index in [9.17, 15) is 13.6 Å². The quantitative estimate of drug-likeness (QED) is 0.762. The number of carbonyl (C=O) groups is 1. The number of ketones is 1. The van der Waals surface area contributed by atoms with Gasteiger partial charge in [0.2, 0.25) is 5.78 Å². The molecule has 1 aromatic heterocycles. The molecule has 1 heterocycles. The van der Waals surface area contributed by atoms with Gasteiger partial charge in [-0.15, -0.1) is 0 Å². The maximum Gasteiger partial charge on any atom is 0.387 e. The third kappa shape index (κ3) is 3.39. The van der Waals surface area contributed by atoms with Gasteiger partial charge in [0.1, 0.15) is 11.4 Å². The summed E-state index contributed by atoms with van der Waals surface area (Å²) in [5.74, 6) is -0.681. The van der Waals surface area contributed by atoms with E-state index in [0.717, 1.165) is 6.42 Å². The maximum absolute atomic E-state index is 12.6. The van der Waals surface area contributed by atoms with E-state index in [0.29, 0.717) is 6.54 Å². The summed E-state index contributed by atoms with van der Waals surface area (Å²) in [6.45, 7) is -0.571. The van der Waals surface area contributed by atoms with Crippen LogP contribution in [0.4, 0.5) is 8.78 Å². The number of hydrogen-bond acceptors (Lipinski definition) is 3. The third-order valence-electron chi connectivity index (χ3n) is 2.79. The largest absolute Gasteiger partial charge is 0.434 e. The minimum absolute atomic E-state index is 0.0255. The Morgan fingerprint density at radius 1 is 1.43 bits per heavy atom. The lowest BCUT2D eigenvalue weighted by molar-refractivity contribution is -0.0501. The Morgan fingerprint density at radius 2 is 2.14 bits per heavy atom. The lowest BCUT2D eigenvalue weighted by atomic mass is 10.1. The molecule has 7 heteroatoms.